The van der Waals surface area contributed by atoms with Crippen LogP contribution in [0.1, 0.15) is 34.5 Å². The third-order valence-electron chi connectivity index (χ3n) is 6.78. The number of hydrogen-bond acceptors (Lipinski definition) is 11. The van der Waals surface area contributed by atoms with Gasteiger partial charge >= 0.3 is 12.1 Å². The number of amides is 4. The van der Waals surface area contributed by atoms with E-state index in [1.54, 1.807) is 42.5 Å². The number of benzene rings is 2. The molecule has 0 saturated heterocycles. The van der Waals surface area contributed by atoms with Crippen LogP contribution in [0.2, 0.25) is 0 Å². The molecule has 0 spiro atoms. The van der Waals surface area contributed by atoms with Crippen LogP contribution in [-0.2, 0) is 32.1 Å². The van der Waals surface area contributed by atoms with Gasteiger partial charge in [0.25, 0.3) is 11.5 Å². The number of H-pyrrole nitrogens is 1. The van der Waals surface area contributed by atoms with Crippen molar-refractivity contribution in [3.05, 3.63) is 94.0 Å². The Morgan fingerprint density at radius 1 is 0.896 bits per heavy atom. The predicted molar refractivity (Wildman–Crippen MR) is 170 cm³/mol. The summed E-state index contributed by atoms with van der Waals surface area (Å²) >= 11 is 0. The van der Waals surface area contributed by atoms with E-state index in [2.05, 4.69) is 41.2 Å². The number of nitrogen functional groups attached to an aromatic ring is 1. The molecule has 0 saturated carbocycles. The second-order valence-corrected chi connectivity index (χ2v) is 10.4. The normalized spacial score (nSPS) is 11.9. The van der Waals surface area contributed by atoms with Gasteiger partial charge in [0.05, 0.1) is 12.7 Å². The molecule has 4 rings (SSSR count). The maximum atomic E-state index is 13.3. The number of aliphatic carboxylic acids is 1. The van der Waals surface area contributed by atoms with Gasteiger partial charge in [-0.1, -0.05) is 60.7 Å². The Morgan fingerprint density at radius 3 is 2.27 bits per heavy atom. The average molecular weight is 660 g/mol. The average Bonchev–Trinajstić information content (AvgIpc) is 3.07. The van der Waals surface area contributed by atoms with Gasteiger partial charge in [0.15, 0.2) is 11.2 Å². The highest BCUT2D eigenvalue weighted by atomic mass is 16.5. The lowest BCUT2D eigenvalue weighted by atomic mass is 10.0. The molecule has 4 amide bonds. The van der Waals surface area contributed by atoms with Gasteiger partial charge in [0.1, 0.15) is 24.4 Å². The SMILES string of the molecule is Nc1nc2nc(C(=O)NCC(=O)N[C@@H](Cc3ccccc3)C(=O)N[C@@H](CCCNC(=O)OCc3ccccc3)C(=O)O)cnc2c(=O)[nH]1. The molecule has 17 heteroatoms. The van der Waals surface area contributed by atoms with Crippen LogP contribution in [0.5, 0.6) is 0 Å². The zero-order chi connectivity index (χ0) is 34.5. The van der Waals surface area contributed by atoms with E-state index in [-0.39, 0.29) is 55.2 Å². The maximum Gasteiger partial charge on any atom is 0.407 e. The summed E-state index contributed by atoms with van der Waals surface area (Å²) in [5.74, 6) is -3.86. The fourth-order valence-electron chi connectivity index (χ4n) is 4.40. The Hall–Kier alpha value is -6.39. The molecule has 17 nitrogen and oxygen atoms in total. The topological polar surface area (TPSA) is 260 Å². The third-order valence-corrected chi connectivity index (χ3v) is 6.78. The van der Waals surface area contributed by atoms with Crippen molar-refractivity contribution in [2.24, 2.45) is 0 Å². The fraction of sp³-hybridized carbons (Fsp3) is 0.258. The van der Waals surface area contributed by atoms with E-state index in [9.17, 15) is 33.9 Å². The summed E-state index contributed by atoms with van der Waals surface area (Å²) in [5, 5.41) is 19.6. The van der Waals surface area contributed by atoms with E-state index in [0.717, 1.165) is 11.8 Å². The lowest BCUT2D eigenvalue weighted by Crippen LogP contribution is -2.54. The Balaban J connectivity index is 1.31. The zero-order valence-corrected chi connectivity index (χ0v) is 25.5. The number of anilines is 1. The number of ether oxygens (including phenoxy) is 1. The highest BCUT2D eigenvalue weighted by Crippen LogP contribution is 2.07. The van der Waals surface area contributed by atoms with Gasteiger partial charge in [0.2, 0.25) is 17.8 Å². The molecule has 0 bridgehead atoms. The lowest BCUT2D eigenvalue weighted by molar-refractivity contribution is -0.142. The minimum atomic E-state index is -1.32. The van der Waals surface area contributed by atoms with Crippen LogP contribution in [0.4, 0.5) is 10.7 Å². The van der Waals surface area contributed by atoms with E-state index < -0.39 is 54.0 Å². The molecule has 2 atom stereocenters. The van der Waals surface area contributed by atoms with Crippen molar-refractivity contribution in [2.75, 3.05) is 18.8 Å². The molecule has 0 fully saturated rings. The van der Waals surface area contributed by atoms with E-state index >= 15 is 0 Å². The third kappa shape index (κ3) is 10.3. The van der Waals surface area contributed by atoms with Gasteiger partial charge in [-0.05, 0) is 24.0 Å². The summed E-state index contributed by atoms with van der Waals surface area (Å²) in [6.07, 6.45) is 0.556. The maximum absolute atomic E-state index is 13.3. The quantitative estimate of drug-likeness (QED) is 0.0834. The number of hydrogen-bond donors (Lipinski definition) is 7. The molecule has 0 aliphatic heterocycles. The number of alkyl carbamates (subject to hydrolysis) is 1. The van der Waals surface area contributed by atoms with E-state index in [4.69, 9.17) is 10.5 Å². The van der Waals surface area contributed by atoms with Crippen LogP contribution in [-0.4, -0.2) is 80.0 Å². The van der Waals surface area contributed by atoms with E-state index in [0.29, 0.717) is 5.56 Å². The number of carboxylic acids is 1. The smallest absolute Gasteiger partial charge is 0.407 e. The Labute approximate surface area is 272 Å². The second-order valence-electron chi connectivity index (χ2n) is 10.4. The first kappa shape index (κ1) is 34.5. The number of nitrogens with two attached hydrogens (primary N) is 1. The number of nitrogens with zero attached hydrogens (tertiary/aromatic N) is 3. The summed E-state index contributed by atoms with van der Waals surface area (Å²) in [7, 11) is 0. The molecule has 2 aromatic heterocycles. The number of aromatic amines is 1. The van der Waals surface area contributed by atoms with Gasteiger partial charge in [-0.2, -0.15) is 4.98 Å². The van der Waals surface area contributed by atoms with Gasteiger partial charge in [0, 0.05) is 13.0 Å². The van der Waals surface area contributed by atoms with Gasteiger partial charge in [-0.3, -0.25) is 24.2 Å². The minimum Gasteiger partial charge on any atom is -0.480 e. The van der Waals surface area contributed by atoms with Crippen molar-refractivity contribution in [1.29, 1.82) is 0 Å². The molecule has 2 heterocycles. The molecule has 0 radical (unpaired) electrons. The Kier molecular flexibility index (Phi) is 12.1. The molecular weight excluding hydrogens is 626 g/mol. The summed E-state index contributed by atoms with van der Waals surface area (Å²) in [6, 6.07) is 15.3. The van der Waals surface area contributed by atoms with Crippen LogP contribution in [0, 0.1) is 0 Å². The molecule has 2 aromatic carbocycles. The number of carboxylic acid groups (broad SMARTS) is 1. The lowest BCUT2D eigenvalue weighted by Gasteiger charge is -2.22. The van der Waals surface area contributed by atoms with E-state index in [1.165, 1.54) is 0 Å². The number of carbonyl (C=O) groups excluding carboxylic acids is 4. The van der Waals surface area contributed by atoms with Crippen LogP contribution in [0.3, 0.4) is 0 Å². The van der Waals surface area contributed by atoms with Gasteiger partial charge in [-0.15, -0.1) is 0 Å². The second kappa shape index (κ2) is 16.8. The first-order valence-corrected chi connectivity index (χ1v) is 14.7. The highest BCUT2D eigenvalue weighted by Gasteiger charge is 2.27. The zero-order valence-electron chi connectivity index (χ0n) is 25.5. The molecular formula is C31H33N9O8. The summed E-state index contributed by atoms with van der Waals surface area (Å²) in [6.45, 7) is -0.402. The largest absolute Gasteiger partial charge is 0.480 e. The predicted octanol–water partition coefficient (Wildman–Crippen LogP) is 0.0286. The number of nitrogens with one attached hydrogen (secondary N) is 5. The van der Waals surface area contributed by atoms with Crippen molar-refractivity contribution in [3.8, 4) is 0 Å². The fourth-order valence-corrected chi connectivity index (χ4v) is 4.40. The molecule has 48 heavy (non-hydrogen) atoms. The van der Waals surface area contributed by atoms with Crippen molar-refractivity contribution >= 4 is 46.9 Å². The number of aromatic nitrogens is 4. The summed E-state index contributed by atoms with van der Waals surface area (Å²) in [5.41, 5.74) is 5.83. The van der Waals surface area contributed by atoms with Crippen LogP contribution in [0.25, 0.3) is 11.2 Å². The van der Waals surface area contributed by atoms with Crippen molar-refractivity contribution in [2.45, 2.75) is 38.0 Å². The Bertz CT molecular complexity index is 1820. The van der Waals surface area contributed by atoms with E-state index in [1.807, 2.05) is 18.2 Å². The van der Waals surface area contributed by atoms with Crippen molar-refractivity contribution < 1.29 is 33.8 Å². The molecule has 0 unspecified atom stereocenters. The summed E-state index contributed by atoms with van der Waals surface area (Å²) < 4.78 is 5.13. The first-order chi connectivity index (χ1) is 23.1. The van der Waals surface area contributed by atoms with Gasteiger partial charge < -0.3 is 36.8 Å². The van der Waals surface area contributed by atoms with Crippen molar-refractivity contribution in [3.63, 3.8) is 0 Å². The molecule has 0 aliphatic rings. The number of fused-ring (bicyclic) bond motifs is 1. The number of rotatable bonds is 15. The van der Waals surface area contributed by atoms with Crippen LogP contribution in [0.15, 0.2) is 71.7 Å². The van der Waals surface area contributed by atoms with Crippen LogP contribution >= 0.6 is 0 Å². The van der Waals surface area contributed by atoms with Crippen molar-refractivity contribution in [1.82, 2.24) is 41.2 Å². The highest BCUT2D eigenvalue weighted by molar-refractivity contribution is 5.96. The monoisotopic (exact) mass is 659 g/mol. The first-order valence-electron chi connectivity index (χ1n) is 14.7. The molecule has 0 aliphatic carbocycles. The summed E-state index contributed by atoms with van der Waals surface area (Å²) in [4.78, 5) is 88.5. The van der Waals surface area contributed by atoms with Gasteiger partial charge in [-0.25, -0.2) is 19.6 Å². The standard InChI is InChI=1S/C31H33N9O8/c32-30-39-25-24(28(44)40-30)34-15-22(37-25)26(42)35-16-23(41)36-21(14-18-8-3-1-4-9-18)27(43)38-20(29(45)46)12-7-13-33-31(47)48-17-19-10-5-2-6-11-19/h1-6,8-11,15,20-21H,7,12-14,16-17H2,(H,33,47)(H,35,42)(H,36,41)(H,38,43)(H,45,46)(H3,32,37,39,40,44)/t20-,21-/m0/s1. The molecule has 250 valence electrons. The number of carbonyl (C=O) groups is 5. The Morgan fingerprint density at radius 2 is 1.58 bits per heavy atom. The molecule has 4 aromatic rings. The molecule has 8 N–H and O–H groups in total. The van der Waals surface area contributed by atoms with Crippen LogP contribution < -0.4 is 32.6 Å². The minimum absolute atomic E-state index is 0.0191.